The van der Waals surface area contributed by atoms with Crippen LogP contribution in [0, 0.1) is 0 Å². The summed E-state index contributed by atoms with van der Waals surface area (Å²) in [4.78, 5) is 11.5. The molecule has 174 valence electrons. The van der Waals surface area contributed by atoms with E-state index in [4.69, 9.17) is 16.3 Å². The van der Waals surface area contributed by atoms with Gasteiger partial charge in [-0.3, -0.25) is 0 Å². The van der Waals surface area contributed by atoms with Gasteiger partial charge < -0.3 is 14.4 Å². The molecule has 0 saturated carbocycles. The van der Waals surface area contributed by atoms with Gasteiger partial charge in [0.25, 0.3) is 0 Å². The quantitative estimate of drug-likeness (QED) is 0.254. The second-order valence-electron chi connectivity index (χ2n) is 8.35. The summed E-state index contributed by atoms with van der Waals surface area (Å²) in [5, 5.41) is 11.2. The molecular formula is C30H24ClNO3. The number of aromatic carboxylic acids is 1. The number of benzene rings is 4. The maximum atomic E-state index is 11.5. The largest absolute Gasteiger partial charge is 0.492 e. The van der Waals surface area contributed by atoms with Crippen LogP contribution >= 0.6 is 11.6 Å². The molecule has 5 heteroatoms. The minimum Gasteiger partial charge on any atom is -0.492 e. The molecule has 0 fully saturated rings. The molecule has 1 aromatic heterocycles. The Morgan fingerprint density at radius 3 is 2.14 bits per heavy atom. The van der Waals surface area contributed by atoms with Gasteiger partial charge in [0.15, 0.2) is 0 Å². The van der Waals surface area contributed by atoms with E-state index in [9.17, 15) is 9.90 Å². The molecule has 5 aromatic rings. The van der Waals surface area contributed by atoms with Crippen LogP contribution in [0.25, 0.3) is 10.9 Å². The van der Waals surface area contributed by atoms with Crippen LogP contribution in [0.4, 0.5) is 0 Å². The number of para-hydroxylation sites is 1. The highest BCUT2D eigenvalue weighted by Crippen LogP contribution is 2.34. The lowest BCUT2D eigenvalue weighted by atomic mass is 9.98. The monoisotopic (exact) mass is 481 g/mol. The van der Waals surface area contributed by atoms with E-state index in [1.807, 2.05) is 24.3 Å². The highest BCUT2D eigenvalue weighted by molar-refractivity contribution is 6.31. The SMILES string of the molecule is O=C(O)c1ccccc1OCCc1cn(C(c2ccccc2)c2ccccc2)c2ccc(Cl)cc12. The first-order chi connectivity index (χ1) is 17.1. The van der Waals surface area contributed by atoms with Gasteiger partial charge in [0.05, 0.1) is 12.6 Å². The molecule has 0 aliphatic rings. The summed E-state index contributed by atoms with van der Waals surface area (Å²) in [5.74, 6) is -0.634. The maximum absolute atomic E-state index is 11.5. The maximum Gasteiger partial charge on any atom is 0.339 e. The van der Waals surface area contributed by atoms with Crippen molar-refractivity contribution in [1.29, 1.82) is 0 Å². The molecule has 5 rings (SSSR count). The molecule has 0 aliphatic heterocycles. The Labute approximate surface area is 209 Å². The summed E-state index contributed by atoms with van der Waals surface area (Å²) in [6, 6.07) is 33.5. The molecule has 4 aromatic carbocycles. The van der Waals surface area contributed by atoms with Crippen molar-refractivity contribution in [2.45, 2.75) is 12.5 Å². The van der Waals surface area contributed by atoms with Crippen molar-refractivity contribution in [3.63, 3.8) is 0 Å². The topological polar surface area (TPSA) is 51.5 Å². The number of aromatic nitrogens is 1. The smallest absolute Gasteiger partial charge is 0.339 e. The zero-order chi connectivity index (χ0) is 24.2. The zero-order valence-electron chi connectivity index (χ0n) is 19.0. The van der Waals surface area contributed by atoms with Crippen molar-refractivity contribution in [3.05, 3.63) is 137 Å². The Balaban J connectivity index is 1.53. The second-order valence-corrected chi connectivity index (χ2v) is 8.78. The number of hydrogen-bond acceptors (Lipinski definition) is 2. The first-order valence-electron chi connectivity index (χ1n) is 11.5. The van der Waals surface area contributed by atoms with Crippen LogP contribution in [-0.2, 0) is 6.42 Å². The van der Waals surface area contributed by atoms with Crippen molar-refractivity contribution < 1.29 is 14.6 Å². The number of rotatable bonds is 8. The normalized spacial score (nSPS) is 11.1. The predicted molar refractivity (Wildman–Crippen MR) is 140 cm³/mol. The number of halogens is 1. The van der Waals surface area contributed by atoms with Gasteiger partial charge in [-0.2, -0.15) is 0 Å². The van der Waals surface area contributed by atoms with Crippen LogP contribution < -0.4 is 4.74 Å². The van der Waals surface area contributed by atoms with E-state index < -0.39 is 5.97 Å². The van der Waals surface area contributed by atoms with Gasteiger partial charge in [-0.25, -0.2) is 4.79 Å². The number of carbonyl (C=O) groups is 1. The van der Waals surface area contributed by atoms with Crippen LogP contribution in [0.15, 0.2) is 109 Å². The van der Waals surface area contributed by atoms with Gasteiger partial charge in [0.2, 0.25) is 0 Å². The molecule has 0 bridgehead atoms. The summed E-state index contributed by atoms with van der Waals surface area (Å²) in [7, 11) is 0. The molecule has 4 nitrogen and oxygen atoms in total. The molecular weight excluding hydrogens is 458 g/mol. The first kappa shape index (κ1) is 22.8. The molecule has 0 saturated heterocycles. The van der Waals surface area contributed by atoms with E-state index >= 15 is 0 Å². The van der Waals surface area contributed by atoms with Crippen LogP contribution in [0.5, 0.6) is 5.75 Å². The number of fused-ring (bicyclic) bond motifs is 1. The fourth-order valence-electron chi connectivity index (χ4n) is 4.53. The summed E-state index contributed by atoms with van der Waals surface area (Å²) in [5.41, 5.74) is 4.69. The third-order valence-electron chi connectivity index (χ3n) is 6.13. The molecule has 0 aliphatic carbocycles. The summed E-state index contributed by atoms with van der Waals surface area (Å²) < 4.78 is 8.19. The first-order valence-corrected chi connectivity index (χ1v) is 11.8. The highest BCUT2D eigenvalue weighted by atomic mass is 35.5. The fraction of sp³-hybridized carbons (Fsp3) is 0.100. The standard InChI is InChI=1S/C30H24ClNO3/c31-24-15-16-27-26(19-24)23(17-18-35-28-14-8-7-13-25(28)30(33)34)20-32(27)29(21-9-3-1-4-10-21)22-11-5-2-6-12-22/h1-16,19-20,29H,17-18H2,(H,33,34). The van der Waals surface area contributed by atoms with Crippen molar-refractivity contribution in [3.8, 4) is 5.75 Å². The Hall–Kier alpha value is -4.02. The van der Waals surface area contributed by atoms with E-state index in [1.54, 1.807) is 24.3 Å². The molecule has 0 unspecified atom stereocenters. The Morgan fingerprint density at radius 1 is 0.857 bits per heavy atom. The fourth-order valence-corrected chi connectivity index (χ4v) is 4.71. The molecule has 35 heavy (non-hydrogen) atoms. The van der Waals surface area contributed by atoms with Crippen LogP contribution in [0.3, 0.4) is 0 Å². The number of ether oxygens (including phenoxy) is 1. The predicted octanol–water partition coefficient (Wildman–Crippen LogP) is 7.25. The molecule has 0 atom stereocenters. The summed E-state index contributed by atoms with van der Waals surface area (Å²) >= 11 is 6.39. The van der Waals surface area contributed by atoms with Gasteiger partial charge in [0, 0.05) is 28.5 Å². The highest BCUT2D eigenvalue weighted by Gasteiger charge is 2.20. The van der Waals surface area contributed by atoms with Crippen molar-refractivity contribution >= 4 is 28.5 Å². The molecule has 1 heterocycles. The van der Waals surface area contributed by atoms with E-state index in [2.05, 4.69) is 65.4 Å². The Kier molecular flexibility index (Phi) is 6.55. The lowest BCUT2D eigenvalue weighted by Gasteiger charge is -2.21. The third-order valence-corrected chi connectivity index (χ3v) is 6.37. The Bertz CT molecular complexity index is 1420. The molecule has 0 amide bonds. The molecule has 1 N–H and O–H groups in total. The second kappa shape index (κ2) is 10.1. The molecule has 0 spiro atoms. The summed E-state index contributed by atoms with van der Waals surface area (Å²) in [6.07, 6.45) is 2.77. The van der Waals surface area contributed by atoms with E-state index in [-0.39, 0.29) is 11.6 Å². The van der Waals surface area contributed by atoms with E-state index in [1.165, 1.54) is 11.1 Å². The van der Waals surface area contributed by atoms with Gasteiger partial charge >= 0.3 is 5.97 Å². The van der Waals surface area contributed by atoms with Crippen LogP contribution in [0.1, 0.15) is 33.1 Å². The van der Waals surface area contributed by atoms with Crippen LogP contribution in [-0.4, -0.2) is 22.2 Å². The number of carboxylic acid groups (broad SMARTS) is 1. The Morgan fingerprint density at radius 2 is 1.49 bits per heavy atom. The van der Waals surface area contributed by atoms with Crippen molar-refractivity contribution in [1.82, 2.24) is 4.57 Å². The average molecular weight is 482 g/mol. The van der Waals surface area contributed by atoms with Gasteiger partial charge in [-0.05, 0) is 47.0 Å². The average Bonchev–Trinajstić information content (AvgIpc) is 3.23. The third kappa shape index (κ3) is 4.79. The van der Waals surface area contributed by atoms with Crippen LogP contribution in [0.2, 0.25) is 5.02 Å². The minimum absolute atomic E-state index is 0.0107. The number of carboxylic acids is 1. The lowest BCUT2D eigenvalue weighted by molar-refractivity contribution is 0.0692. The van der Waals surface area contributed by atoms with Gasteiger partial charge in [-0.15, -0.1) is 0 Å². The molecule has 0 radical (unpaired) electrons. The van der Waals surface area contributed by atoms with Gasteiger partial charge in [0.1, 0.15) is 11.3 Å². The lowest BCUT2D eigenvalue weighted by Crippen LogP contribution is -2.11. The van der Waals surface area contributed by atoms with Gasteiger partial charge in [-0.1, -0.05) is 84.4 Å². The minimum atomic E-state index is -1.00. The number of nitrogens with zero attached hydrogens (tertiary/aromatic N) is 1. The number of hydrogen-bond donors (Lipinski definition) is 1. The van der Waals surface area contributed by atoms with E-state index in [0.717, 1.165) is 16.5 Å². The van der Waals surface area contributed by atoms with E-state index in [0.29, 0.717) is 23.8 Å². The summed E-state index contributed by atoms with van der Waals surface area (Å²) in [6.45, 7) is 0.345. The zero-order valence-corrected chi connectivity index (χ0v) is 19.7. The van der Waals surface area contributed by atoms with Crippen molar-refractivity contribution in [2.24, 2.45) is 0 Å². The van der Waals surface area contributed by atoms with Crippen molar-refractivity contribution in [2.75, 3.05) is 6.61 Å².